The molecule has 3 aromatic carbocycles. The summed E-state index contributed by atoms with van der Waals surface area (Å²) in [6.07, 6.45) is 1.45. The average molecular weight is 457 g/mol. The van der Waals surface area contributed by atoms with Gasteiger partial charge in [0.05, 0.1) is 0 Å². The van der Waals surface area contributed by atoms with Crippen molar-refractivity contribution in [3.05, 3.63) is 77.9 Å². The van der Waals surface area contributed by atoms with Crippen LogP contribution in [0.25, 0.3) is 22.3 Å². The molecule has 1 heterocycles. The van der Waals surface area contributed by atoms with E-state index in [1.54, 1.807) is 0 Å². The van der Waals surface area contributed by atoms with Gasteiger partial charge in [0.2, 0.25) is 0 Å². The molecule has 0 N–H and O–H groups in total. The van der Waals surface area contributed by atoms with Gasteiger partial charge in [-0.1, -0.05) is 102 Å². The molecule has 1 aliphatic heterocycles. The quantitative estimate of drug-likeness (QED) is 0.354. The Hall–Kier alpha value is -2.24. The van der Waals surface area contributed by atoms with E-state index in [-0.39, 0.29) is 0 Å². The molecule has 4 rings (SSSR count). The summed E-state index contributed by atoms with van der Waals surface area (Å²) in [6.45, 7) is 13.7. The highest BCUT2D eigenvalue weighted by Gasteiger charge is 2.42. The van der Waals surface area contributed by atoms with Crippen LogP contribution in [0.5, 0.6) is 0 Å². The van der Waals surface area contributed by atoms with E-state index in [2.05, 4.69) is 108 Å². The Bertz CT molecular complexity index is 1060. The summed E-state index contributed by atoms with van der Waals surface area (Å²) in [4.78, 5) is 12.9. The first kappa shape index (κ1) is 23.9. The van der Waals surface area contributed by atoms with E-state index in [0.717, 1.165) is 12.8 Å². The molecule has 33 heavy (non-hydrogen) atoms. The first-order chi connectivity index (χ1) is 15.8. The lowest BCUT2D eigenvalue weighted by atomic mass is 9.94. The van der Waals surface area contributed by atoms with Gasteiger partial charge in [-0.25, -0.2) is 0 Å². The fourth-order valence-corrected chi connectivity index (χ4v) is 9.63. The van der Waals surface area contributed by atoms with Crippen molar-refractivity contribution in [2.75, 3.05) is 0 Å². The first-order valence-corrected chi connectivity index (χ1v) is 13.8. The van der Waals surface area contributed by atoms with Crippen LogP contribution in [0.2, 0.25) is 0 Å². The summed E-state index contributed by atoms with van der Waals surface area (Å²) in [6, 6.07) is 24.4. The van der Waals surface area contributed by atoms with Crippen LogP contribution in [0.3, 0.4) is 0 Å². The Morgan fingerprint density at radius 3 is 1.42 bits per heavy atom. The molecule has 0 aromatic heterocycles. The molecule has 0 aliphatic carbocycles. The molecular formula is C31H37OP. The van der Waals surface area contributed by atoms with Crippen LogP contribution < -0.4 is 5.30 Å². The maximum atomic E-state index is 12.9. The van der Waals surface area contributed by atoms with E-state index in [0.29, 0.717) is 28.9 Å². The lowest BCUT2D eigenvalue weighted by molar-refractivity contribution is -0.119. The van der Waals surface area contributed by atoms with E-state index in [1.807, 2.05) is 0 Å². The van der Waals surface area contributed by atoms with Crippen LogP contribution in [-0.2, 0) is 4.79 Å². The van der Waals surface area contributed by atoms with Gasteiger partial charge >= 0.3 is 0 Å². The molecule has 172 valence electrons. The largest absolute Gasteiger partial charge is 0.300 e. The maximum absolute atomic E-state index is 12.9. The van der Waals surface area contributed by atoms with Crippen LogP contribution in [0, 0.1) is 25.7 Å². The standard InChI is InChI=1S/C31H37OP/c1-20(2)29-18-24(32)19-30(21(3)4)33(29)31-27(25-14-9-7-12-22(25)5)16-11-17-28(31)26-15-10-8-13-23(26)6/h7-17,20-21,29-30H,18-19H2,1-6H3. The average Bonchev–Trinajstić information content (AvgIpc) is 2.79. The smallest absolute Gasteiger partial charge is 0.134 e. The number of rotatable bonds is 5. The minimum absolute atomic E-state index is 0.418. The van der Waals surface area contributed by atoms with Crippen LogP contribution in [0.1, 0.15) is 51.7 Å². The molecule has 3 aromatic rings. The second-order valence-electron chi connectivity index (χ2n) is 10.3. The monoisotopic (exact) mass is 456 g/mol. The van der Waals surface area contributed by atoms with Crippen LogP contribution in [-0.4, -0.2) is 17.1 Å². The lowest BCUT2D eigenvalue weighted by Gasteiger charge is -2.44. The van der Waals surface area contributed by atoms with Crippen molar-refractivity contribution in [1.29, 1.82) is 0 Å². The van der Waals surface area contributed by atoms with E-state index in [4.69, 9.17) is 0 Å². The molecular weight excluding hydrogens is 419 g/mol. The predicted octanol–water partition coefficient (Wildman–Crippen LogP) is 8.16. The second kappa shape index (κ2) is 9.94. The molecule has 0 saturated carbocycles. The Kier molecular flexibility index (Phi) is 7.20. The van der Waals surface area contributed by atoms with Gasteiger partial charge in [0, 0.05) is 12.8 Å². The van der Waals surface area contributed by atoms with Gasteiger partial charge in [0.1, 0.15) is 5.78 Å². The summed E-state index contributed by atoms with van der Waals surface area (Å²) in [5, 5.41) is 1.51. The van der Waals surface area contributed by atoms with Gasteiger partial charge in [-0.05, 0) is 75.7 Å². The molecule has 2 atom stereocenters. The van der Waals surface area contributed by atoms with Crippen molar-refractivity contribution in [1.82, 2.24) is 0 Å². The predicted molar refractivity (Wildman–Crippen MR) is 145 cm³/mol. The van der Waals surface area contributed by atoms with Gasteiger partial charge in [0.15, 0.2) is 0 Å². The van der Waals surface area contributed by atoms with Crippen LogP contribution in [0.15, 0.2) is 66.7 Å². The van der Waals surface area contributed by atoms with E-state index >= 15 is 0 Å². The third kappa shape index (κ3) is 4.71. The van der Waals surface area contributed by atoms with Crippen LogP contribution in [0.4, 0.5) is 0 Å². The first-order valence-electron chi connectivity index (χ1n) is 12.3. The van der Waals surface area contributed by atoms with Crippen LogP contribution >= 0.6 is 7.92 Å². The van der Waals surface area contributed by atoms with Gasteiger partial charge in [-0.2, -0.15) is 0 Å². The number of hydrogen-bond acceptors (Lipinski definition) is 1. The Morgan fingerprint density at radius 1 is 0.636 bits per heavy atom. The molecule has 0 spiro atoms. The molecule has 0 amide bonds. The molecule has 2 heteroatoms. The SMILES string of the molecule is Cc1ccccc1-c1cccc(-c2ccccc2C)c1P1C(C(C)C)CC(=O)CC1C(C)C. The number of Topliss-reactive ketones (excluding diaryl/α,β-unsaturated/α-hetero) is 1. The number of benzene rings is 3. The third-order valence-corrected chi connectivity index (χ3v) is 11.3. The zero-order valence-electron chi connectivity index (χ0n) is 20.9. The number of hydrogen-bond donors (Lipinski definition) is 0. The van der Waals surface area contributed by atoms with E-state index < -0.39 is 7.92 Å². The number of ketones is 1. The fourth-order valence-electron chi connectivity index (χ4n) is 5.44. The summed E-state index contributed by atoms with van der Waals surface area (Å²) in [5.41, 5.74) is 8.84. The molecule has 0 bridgehead atoms. The minimum atomic E-state index is -0.534. The molecule has 2 unspecified atom stereocenters. The van der Waals surface area contributed by atoms with Gasteiger partial charge in [0.25, 0.3) is 0 Å². The van der Waals surface area contributed by atoms with Crippen molar-refractivity contribution in [3.8, 4) is 22.3 Å². The number of carbonyl (C=O) groups excluding carboxylic acids is 1. The Morgan fingerprint density at radius 2 is 1.03 bits per heavy atom. The summed E-state index contributed by atoms with van der Waals surface area (Å²) < 4.78 is 0. The number of carbonyl (C=O) groups is 1. The van der Waals surface area contributed by atoms with Crippen molar-refractivity contribution >= 4 is 19.0 Å². The summed E-state index contributed by atoms with van der Waals surface area (Å²) in [7, 11) is -0.534. The van der Waals surface area contributed by atoms with Crippen molar-refractivity contribution in [3.63, 3.8) is 0 Å². The maximum Gasteiger partial charge on any atom is 0.134 e. The van der Waals surface area contributed by atoms with E-state index in [9.17, 15) is 4.79 Å². The zero-order chi connectivity index (χ0) is 23.7. The highest BCUT2D eigenvalue weighted by molar-refractivity contribution is 7.68. The van der Waals surface area contributed by atoms with Crippen molar-refractivity contribution in [2.45, 2.75) is 65.7 Å². The highest BCUT2D eigenvalue weighted by atomic mass is 31.1. The van der Waals surface area contributed by atoms with Crippen molar-refractivity contribution < 1.29 is 4.79 Å². The lowest BCUT2D eigenvalue weighted by Crippen LogP contribution is -2.38. The Labute approximate surface area is 201 Å². The number of aryl methyl sites for hydroxylation is 2. The molecule has 1 nitrogen and oxygen atoms in total. The second-order valence-corrected chi connectivity index (χ2v) is 12.9. The summed E-state index contributed by atoms with van der Waals surface area (Å²) >= 11 is 0. The molecule has 1 fully saturated rings. The molecule has 1 aliphatic rings. The van der Waals surface area contributed by atoms with Gasteiger partial charge in [-0.15, -0.1) is 0 Å². The topological polar surface area (TPSA) is 17.1 Å². The summed E-state index contributed by atoms with van der Waals surface area (Å²) in [5.74, 6) is 1.42. The van der Waals surface area contributed by atoms with Gasteiger partial charge in [-0.3, -0.25) is 4.79 Å². The molecule has 0 radical (unpaired) electrons. The van der Waals surface area contributed by atoms with Gasteiger partial charge < -0.3 is 0 Å². The normalized spacial score (nSPS) is 21.1. The zero-order valence-corrected chi connectivity index (χ0v) is 21.8. The molecule has 1 saturated heterocycles. The fraction of sp³-hybridized carbons (Fsp3) is 0.387. The van der Waals surface area contributed by atoms with Crippen molar-refractivity contribution in [2.24, 2.45) is 11.8 Å². The third-order valence-electron chi connectivity index (χ3n) is 7.29. The highest BCUT2D eigenvalue weighted by Crippen LogP contribution is 2.59. The van der Waals surface area contributed by atoms with E-state index in [1.165, 1.54) is 38.7 Å². The minimum Gasteiger partial charge on any atom is -0.300 e. The Balaban J connectivity index is 2.07.